The number of carbonyl (C=O) groups is 1. The van der Waals surface area contributed by atoms with E-state index in [2.05, 4.69) is 5.32 Å². The van der Waals surface area contributed by atoms with Crippen molar-refractivity contribution >= 4 is 11.5 Å². The quantitative estimate of drug-likeness (QED) is 0.831. The number of aliphatic imine (C=N–C) groups is 1. The fraction of sp³-hybridized carbons (Fsp3) is 0.500. The zero-order chi connectivity index (χ0) is 16.7. The number of Topliss-reactive ketones (excluding diaryl/α,β-unsaturated/α-hetero) is 1. The molecule has 3 unspecified atom stereocenters. The topological polar surface area (TPSA) is 61.7 Å². The number of nitrogens with zero attached hydrogens (tertiary/aromatic N) is 1. The molecule has 1 aromatic rings. The number of phenols is 1. The largest absolute Gasteiger partial charge is 0.508 e. The monoisotopic (exact) mass is 324 g/mol. The summed E-state index contributed by atoms with van der Waals surface area (Å²) in [4.78, 5) is 17.9. The second kappa shape index (κ2) is 6.08. The first kappa shape index (κ1) is 15.4. The number of para-hydroxylation sites is 1. The zero-order valence-electron chi connectivity index (χ0n) is 14.1. The van der Waals surface area contributed by atoms with Gasteiger partial charge in [-0.25, -0.2) is 0 Å². The summed E-state index contributed by atoms with van der Waals surface area (Å²) in [5, 5.41) is 13.7. The number of hydrogen-bond acceptors (Lipinski definition) is 4. The molecule has 0 bridgehead atoms. The summed E-state index contributed by atoms with van der Waals surface area (Å²) in [7, 11) is 0. The van der Waals surface area contributed by atoms with Gasteiger partial charge in [-0.15, -0.1) is 0 Å². The normalized spacial score (nSPS) is 30.0. The maximum atomic E-state index is 12.8. The average molecular weight is 324 g/mol. The molecule has 1 aromatic carbocycles. The molecule has 4 heteroatoms. The summed E-state index contributed by atoms with van der Waals surface area (Å²) in [5.74, 6) is 0.452. The Morgan fingerprint density at radius 3 is 2.79 bits per heavy atom. The van der Waals surface area contributed by atoms with Gasteiger partial charge in [0, 0.05) is 29.8 Å². The second-order valence-corrected chi connectivity index (χ2v) is 7.27. The molecule has 2 fully saturated rings. The van der Waals surface area contributed by atoms with Crippen LogP contribution >= 0.6 is 0 Å². The predicted octanol–water partition coefficient (Wildman–Crippen LogP) is 3.47. The average Bonchev–Trinajstić information content (AvgIpc) is 2.70. The van der Waals surface area contributed by atoms with E-state index in [0.717, 1.165) is 41.8 Å². The molecule has 0 radical (unpaired) electrons. The van der Waals surface area contributed by atoms with Crippen molar-refractivity contribution in [1.29, 1.82) is 0 Å². The standard InChI is InChI=1S/C20H24N2O2/c1-12-20-17(22-16-8-4-3-7-15(16)21-12)10-13(11-19(20)24)14-6-2-5-9-18(14)23/h2,5-6,9,13,15-16,21,23H,3-4,7-8,10-11H2,1H3. The highest BCUT2D eigenvalue weighted by molar-refractivity contribution is 6.25. The maximum Gasteiger partial charge on any atom is 0.167 e. The highest BCUT2D eigenvalue weighted by Crippen LogP contribution is 2.38. The van der Waals surface area contributed by atoms with Gasteiger partial charge in [-0.2, -0.15) is 0 Å². The van der Waals surface area contributed by atoms with E-state index in [9.17, 15) is 9.90 Å². The van der Waals surface area contributed by atoms with Crippen LogP contribution in [0.2, 0.25) is 0 Å². The van der Waals surface area contributed by atoms with Crippen LogP contribution in [0.5, 0.6) is 5.75 Å². The number of benzene rings is 1. The van der Waals surface area contributed by atoms with Crippen molar-refractivity contribution in [2.24, 2.45) is 4.99 Å². The minimum atomic E-state index is 0.0224. The lowest BCUT2D eigenvalue weighted by Crippen LogP contribution is -2.39. The molecule has 3 atom stereocenters. The van der Waals surface area contributed by atoms with Crippen LogP contribution in [0, 0.1) is 0 Å². The van der Waals surface area contributed by atoms with Crippen molar-refractivity contribution < 1.29 is 9.90 Å². The van der Waals surface area contributed by atoms with Gasteiger partial charge in [0.25, 0.3) is 0 Å². The van der Waals surface area contributed by atoms with Crippen molar-refractivity contribution in [3.63, 3.8) is 0 Å². The summed E-state index contributed by atoms with van der Waals surface area (Å²) in [6, 6.07) is 8.00. The maximum absolute atomic E-state index is 12.8. The number of rotatable bonds is 1. The van der Waals surface area contributed by atoms with Gasteiger partial charge in [-0.3, -0.25) is 9.79 Å². The third-order valence-electron chi connectivity index (χ3n) is 5.64. The molecule has 4 nitrogen and oxygen atoms in total. The summed E-state index contributed by atoms with van der Waals surface area (Å²) in [6.07, 6.45) is 5.85. The Bertz CT molecular complexity index is 735. The van der Waals surface area contributed by atoms with Crippen molar-refractivity contribution in [3.05, 3.63) is 41.1 Å². The van der Waals surface area contributed by atoms with Crippen LogP contribution in [0.1, 0.15) is 56.9 Å². The van der Waals surface area contributed by atoms with Gasteiger partial charge in [0.15, 0.2) is 5.78 Å². The fourth-order valence-corrected chi connectivity index (χ4v) is 4.47. The van der Waals surface area contributed by atoms with Crippen LogP contribution < -0.4 is 5.32 Å². The van der Waals surface area contributed by atoms with Crippen LogP contribution in [0.15, 0.2) is 40.5 Å². The number of aromatic hydroxyl groups is 1. The van der Waals surface area contributed by atoms with Crippen LogP contribution in [0.25, 0.3) is 0 Å². The molecule has 126 valence electrons. The molecule has 4 rings (SSSR count). The molecule has 2 aliphatic carbocycles. The number of hydrogen-bond donors (Lipinski definition) is 2. The Morgan fingerprint density at radius 1 is 1.17 bits per heavy atom. The molecule has 3 aliphatic rings. The molecule has 0 spiro atoms. The first-order chi connectivity index (χ1) is 11.6. The molecule has 1 aliphatic heterocycles. The van der Waals surface area contributed by atoms with Gasteiger partial charge in [0.05, 0.1) is 11.6 Å². The van der Waals surface area contributed by atoms with E-state index in [1.165, 1.54) is 12.8 Å². The van der Waals surface area contributed by atoms with E-state index in [4.69, 9.17) is 4.99 Å². The van der Waals surface area contributed by atoms with Crippen molar-refractivity contribution in [3.8, 4) is 5.75 Å². The first-order valence-corrected chi connectivity index (χ1v) is 8.99. The molecule has 1 heterocycles. The number of nitrogens with one attached hydrogen (secondary N) is 1. The van der Waals surface area contributed by atoms with Crippen molar-refractivity contribution in [1.82, 2.24) is 5.32 Å². The van der Waals surface area contributed by atoms with E-state index < -0.39 is 0 Å². The van der Waals surface area contributed by atoms with Gasteiger partial charge >= 0.3 is 0 Å². The Morgan fingerprint density at radius 2 is 1.96 bits per heavy atom. The van der Waals surface area contributed by atoms with Crippen LogP contribution in [-0.2, 0) is 4.79 Å². The van der Waals surface area contributed by atoms with Crippen molar-refractivity contribution in [2.45, 2.75) is 63.5 Å². The highest BCUT2D eigenvalue weighted by Gasteiger charge is 2.36. The molecular formula is C20H24N2O2. The molecule has 24 heavy (non-hydrogen) atoms. The Labute approximate surface area is 142 Å². The van der Waals surface area contributed by atoms with E-state index in [1.807, 2.05) is 25.1 Å². The highest BCUT2D eigenvalue weighted by atomic mass is 16.3. The number of fused-ring (bicyclic) bond motifs is 2. The second-order valence-electron chi connectivity index (χ2n) is 7.27. The predicted molar refractivity (Wildman–Crippen MR) is 94.4 cm³/mol. The number of allylic oxidation sites excluding steroid dienone is 2. The molecule has 0 saturated heterocycles. The summed E-state index contributed by atoms with van der Waals surface area (Å²) >= 11 is 0. The van der Waals surface area contributed by atoms with Crippen molar-refractivity contribution in [2.75, 3.05) is 0 Å². The third kappa shape index (κ3) is 2.64. The van der Waals surface area contributed by atoms with Gasteiger partial charge in [0.2, 0.25) is 0 Å². The molecular weight excluding hydrogens is 300 g/mol. The molecule has 0 amide bonds. The Kier molecular flexibility index (Phi) is 3.91. The summed E-state index contributed by atoms with van der Waals surface area (Å²) in [6.45, 7) is 2.01. The number of ketones is 1. The molecule has 2 saturated carbocycles. The van der Waals surface area contributed by atoms with Gasteiger partial charge in [0.1, 0.15) is 5.75 Å². The Balaban J connectivity index is 1.71. The van der Waals surface area contributed by atoms with Crippen LogP contribution in [-0.4, -0.2) is 28.7 Å². The van der Waals surface area contributed by atoms with E-state index in [0.29, 0.717) is 12.5 Å². The summed E-state index contributed by atoms with van der Waals surface area (Å²) in [5.41, 5.74) is 3.60. The zero-order valence-corrected chi connectivity index (χ0v) is 14.1. The number of phenolic OH excluding ortho intramolecular Hbond substituents is 1. The van der Waals surface area contributed by atoms with E-state index in [1.54, 1.807) is 6.07 Å². The van der Waals surface area contributed by atoms with Gasteiger partial charge in [-0.1, -0.05) is 31.0 Å². The van der Waals surface area contributed by atoms with Crippen LogP contribution in [0.4, 0.5) is 0 Å². The lowest BCUT2D eigenvalue weighted by molar-refractivity contribution is -0.115. The molecule has 2 N–H and O–H groups in total. The minimum absolute atomic E-state index is 0.0224. The lowest BCUT2D eigenvalue weighted by Gasteiger charge is -2.29. The summed E-state index contributed by atoms with van der Waals surface area (Å²) < 4.78 is 0. The van der Waals surface area contributed by atoms with Gasteiger partial charge < -0.3 is 10.4 Å². The fourth-order valence-electron chi connectivity index (χ4n) is 4.47. The number of carbonyl (C=O) groups excluding carboxylic acids is 1. The Hall–Kier alpha value is -2.10. The smallest absolute Gasteiger partial charge is 0.167 e. The van der Waals surface area contributed by atoms with E-state index in [-0.39, 0.29) is 23.5 Å². The van der Waals surface area contributed by atoms with Gasteiger partial charge in [-0.05, 0) is 37.8 Å². The first-order valence-electron chi connectivity index (χ1n) is 8.99. The van der Waals surface area contributed by atoms with Crippen LogP contribution in [0.3, 0.4) is 0 Å². The minimum Gasteiger partial charge on any atom is -0.508 e. The molecule has 0 aromatic heterocycles. The SMILES string of the molecule is CC1=C2C(=O)CC(c3ccccc3O)CC2=NC2CCCCC2N1. The third-order valence-corrected chi connectivity index (χ3v) is 5.64. The van der Waals surface area contributed by atoms with E-state index >= 15 is 0 Å². The lowest BCUT2D eigenvalue weighted by atomic mass is 9.78.